The van der Waals surface area contributed by atoms with Crippen LogP contribution in [0, 0.1) is 0 Å². The minimum atomic E-state index is -0.566. The number of hydrogen-bond acceptors (Lipinski definition) is 4. The highest BCUT2D eigenvalue weighted by atomic mass is 35.5. The molecule has 0 saturated carbocycles. The zero-order chi connectivity index (χ0) is 19.4. The summed E-state index contributed by atoms with van der Waals surface area (Å²) in [6, 6.07) is 16.8. The molecule has 2 aromatic carbocycles. The standard InChI is InChI=1S/C20H18ClN3O3/c1-13(12-25)22-19(26)17-11-18(14-7-9-15(21)10-8-14)23-24(20(17)27)16-5-3-2-4-6-16/h2-11,13,25H,12H2,1H3,(H,22,26)/t13-/m1/s1. The van der Waals surface area contributed by atoms with E-state index in [2.05, 4.69) is 10.4 Å². The molecule has 138 valence electrons. The predicted octanol–water partition coefficient (Wildman–Crippen LogP) is 2.66. The summed E-state index contributed by atoms with van der Waals surface area (Å²) in [6.07, 6.45) is 0. The lowest BCUT2D eigenvalue weighted by atomic mass is 10.1. The minimum absolute atomic E-state index is 0.0564. The summed E-state index contributed by atoms with van der Waals surface area (Å²) >= 11 is 5.94. The fourth-order valence-electron chi connectivity index (χ4n) is 2.51. The number of nitrogens with zero attached hydrogens (tertiary/aromatic N) is 2. The molecule has 1 amide bonds. The number of halogens is 1. The van der Waals surface area contributed by atoms with E-state index in [0.29, 0.717) is 22.0 Å². The van der Waals surface area contributed by atoms with Gasteiger partial charge < -0.3 is 10.4 Å². The van der Waals surface area contributed by atoms with Crippen LogP contribution in [0.25, 0.3) is 16.9 Å². The molecule has 6 nitrogen and oxygen atoms in total. The van der Waals surface area contributed by atoms with Gasteiger partial charge in [-0.2, -0.15) is 9.78 Å². The third kappa shape index (κ3) is 4.24. The van der Waals surface area contributed by atoms with Crippen molar-refractivity contribution in [2.75, 3.05) is 6.61 Å². The van der Waals surface area contributed by atoms with E-state index in [4.69, 9.17) is 16.7 Å². The number of para-hydroxylation sites is 1. The Morgan fingerprint density at radius 1 is 1.19 bits per heavy atom. The average Bonchev–Trinajstić information content (AvgIpc) is 2.69. The number of aromatic nitrogens is 2. The number of carbonyl (C=O) groups excluding carboxylic acids is 1. The monoisotopic (exact) mass is 383 g/mol. The van der Waals surface area contributed by atoms with Gasteiger partial charge in [0.1, 0.15) is 5.56 Å². The van der Waals surface area contributed by atoms with Crippen LogP contribution in [0.5, 0.6) is 0 Å². The molecular formula is C20H18ClN3O3. The van der Waals surface area contributed by atoms with Crippen LogP contribution in [0.2, 0.25) is 5.02 Å². The number of rotatable bonds is 5. The third-order valence-electron chi connectivity index (χ3n) is 3.95. The smallest absolute Gasteiger partial charge is 0.284 e. The van der Waals surface area contributed by atoms with Gasteiger partial charge in [0.15, 0.2) is 0 Å². The Hall–Kier alpha value is -2.96. The Labute approximate surface area is 161 Å². The number of aliphatic hydroxyl groups is 1. The fourth-order valence-corrected chi connectivity index (χ4v) is 2.64. The molecule has 7 heteroatoms. The molecule has 0 radical (unpaired) electrons. The maximum atomic E-state index is 12.9. The Kier molecular flexibility index (Phi) is 5.69. The fraction of sp³-hybridized carbons (Fsp3) is 0.150. The molecule has 3 rings (SSSR count). The van der Waals surface area contributed by atoms with E-state index in [0.717, 1.165) is 0 Å². The second kappa shape index (κ2) is 8.16. The van der Waals surface area contributed by atoms with Gasteiger partial charge in [-0.05, 0) is 37.3 Å². The number of hydrogen-bond donors (Lipinski definition) is 2. The molecule has 2 N–H and O–H groups in total. The highest BCUT2D eigenvalue weighted by molar-refractivity contribution is 6.30. The molecule has 3 aromatic rings. The molecule has 0 spiro atoms. The zero-order valence-corrected chi connectivity index (χ0v) is 15.3. The van der Waals surface area contributed by atoms with Crippen LogP contribution >= 0.6 is 11.6 Å². The largest absolute Gasteiger partial charge is 0.394 e. The molecule has 0 aliphatic carbocycles. The summed E-state index contributed by atoms with van der Waals surface area (Å²) in [6.45, 7) is 1.42. The first-order valence-electron chi connectivity index (χ1n) is 8.37. The summed E-state index contributed by atoms with van der Waals surface area (Å²) in [5.41, 5.74) is 1.12. The van der Waals surface area contributed by atoms with E-state index in [1.165, 1.54) is 10.7 Å². The van der Waals surface area contributed by atoms with Crippen LogP contribution in [0.4, 0.5) is 0 Å². The molecule has 0 saturated heterocycles. The van der Waals surface area contributed by atoms with E-state index in [9.17, 15) is 9.59 Å². The maximum Gasteiger partial charge on any atom is 0.284 e. The quantitative estimate of drug-likeness (QED) is 0.709. The Morgan fingerprint density at radius 3 is 2.48 bits per heavy atom. The van der Waals surface area contributed by atoms with Gasteiger partial charge in [0.05, 0.1) is 18.0 Å². The molecule has 27 heavy (non-hydrogen) atoms. The number of nitrogens with one attached hydrogen (secondary N) is 1. The average molecular weight is 384 g/mol. The zero-order valence-electron chi connectivity index (χ0n) is 14.6. The van der Waals surface area contributed by atoms with Gasteiger partial charge >= 0.3 is 0 Å². The van der Waals surface area contributed by atoms with Crippen LogP contribution in [0.1, 0.15) is 17.3 Å². The molecule has 0 aliphatic rings. The van der Waals surface area contributed by atoms with Crippen LogP contribution in [-0.4, -0.2) is 33.4 Å². The molecule has 1 aromatic heterocycles. The Bertz CT molecular complexity index is 1000. The van der Waals surface area contributed by atoms with Crippen molar-refractivity contribution in [2.24, 2.45) is 0 Å². The highest BCUT2D eigenvalue weighted by Gasteiger charge is 2.18. The molecule has 0 unspecified atom stereocenters. The summed E-state index contributed by atoms with van der Waals surface area (Å²) in [7, 11) is 0. The third-order valence-corrected chi connectivity index (χ3v) is 4.20. The van der Waals surface area contributed by atoms with E-state index in [1.807, 2.05) is 6.07 Å². The lowest BCUT2D eigenvalue weighted by molar-refractivity contribution is 0.0920. The molecule has 0 aliphatic heterocycles. The highest BCUT2D eigenvalue weighted by Crippen LogP contribution is 2.20. The predicted molar refractivity (Wildman–Crippen MR) is 104 cm³/mol. The van der Waals surface area contributed by atoms with Crippen LogP contribution in [0.15, 0.2) is 65.5 Å². The van der Waals surface area contributed by atoms with Crippen molar-refractivity contribution in [3.8, 4) is 16.9 Å². The van der Waals surface area contributed by atoms with Crippen molar-refractivity contribution < 1.29 is 9.90 Å². The van der Waals surface area contributed by atoms with Gasteiger partial charge in [0.2, 0.25) is 0 Å². The van der Waals surface area contributed by atoms with Crippen molar-refractivity contribution >= 4 is 17.5 Å². The van der Waals surface area contributed by atoms with Gasteiger partial charge in [-0.15, -0.1) is 0 Å². The van der Waals surface area contributed by atoms with E-state index >= 15 is 0 Å². The van der Waals surface area contributed by atoms with Gasteiger partial charge in [0, 0.05) is 16.6 Å². The summed E-state index contributed by atoms with van der Waals surface area (Å²) in [5.74, 6) is -0.566. The van der Waals surface area contributed by atoms with Crippen molar-refractivity contribution in [1.82, 2.24) is 15.1 Å². The van der Waals surface area contributed by atoms with E-state index < -0.39 is 17.5 Å². The summed E-state index contributed by atoms with van der Waals surface area (Å²) in [5, 5.41) is 16.8. The summed E-state index contributed by atoms with van der Waals surface area (Å²) in [4.78, 5) is 25.4. The lowest BCUT2D eigenvalue weighted by Crippen LogP contribution is -2.39. The van der Waals surface area contributed by atoms with Crippen molar-refractivity contribution in [2.45, 2.75) is 13.0 Å². The first-order chi connectivity index (χ1) is 13.0. The molecular weight excluding hydrogens is 366 g/mol. The number of amides is 1. The van der Waals surface area contributed by atoms with Crippen molar-refractivity contribution in [3.63, 3.8) is 0 Å². The van der Waals surface area contributed by atoms with E-state index in [1.54, 1.807) is 55.5 Å². The number of aliphatic hydroxyl groups excluding tert-OH is 1. The Balaban J connectivity index is 2.17. The first-order valence-corrected chi connectivity index (χ1v) is 8.75. The van der Waals surface area contributed by atoms with Gasteiger partial charge in [-0.25, -0.2) is 0 Å². The molecule has 0 fully saturated rings. The van der Waals surface area contributed by atoms with Gasteiger partial charge in [0.25, 0.3) is 11.5 Å². The topological polar surface area (TPSA) is 84.2 Å². The van der Waals surface area contributed by atoms with Crippen LogP contribution < -0.4 is 10.9 Å². The van der Waals surface area contributed by atoms with Crippen LogP contribution in [0.3, 0.4) is 0 Å². The number of carbonyl (C=O) groups is 1. The lowest BCUT2D eigenvalue weighted by Gasteiger charge is -2.13. The number of benzene rings is 2. The second-order valence-corrected chi connectivity index (χ2v) is 6.50. The maximum absolute atomic E-state index is 12.9. The minimum Gasteiger partial charge on any atom is -0.394 e. The van der Waals surface area contributed by atoms with Crippen LogP contribution in [-0.2, 0) is 0 Å². The summed E-state index contributed by atoms with van der Waals surface area (Å²) < 4.78 is 1.20. The van der Waals surface area contributed by atoms with E-state index in [-0.39, 0.29) is 12.2 Å². The Morgan fingerprint density at radius 2 is 1.85 bits per heavy atom. The molecule has 1 atom stereocenters. The van der Waals surface area contributed by atoms with Gasteiger partial charge in [-0.3, -0.25) is 9.59 Å². The van der Waals surface area contributed by atoms with Gasteiger partial charge in [-0.1, -0.05) is 41.9 Å². The molecule has 0 bridgehead atoms. The SMILES string of the molecule is C[C@H](CO)NC(=O)c1cc(-c2ccc(Cl)cc2)nn(-c2ccccc2)c1=O. The van der Waals surface area contributed by atoms with Crippen molar-refractivity contribution in [3.05, 3.63) is 81.6 Å². The second-order valence-electron chi connectivity index (χ2n) is 6.06. The first kappa shape index (κ1) is 18.8. The molecule has 1 heterocycles. The normalized spacial score (nSPS) is 11.8. The van der Waals surface area contributed by atoms with Crippen molar-refractivity contribution in [1.29, 1.82) is 0 Å².